The predicted octanol–water partition coefficient (Wildman–Crippen LogP) is 6.83. The van der Waals surface area contributed by atoms with Crippen LogP contribution in [0.1, 0.15) is 11.1 Å². The highest BCUT2D eigenvalue weighted by molar-refractivity contribution is 6.28. The Morgan fingerprint density at radius 3 is 1.48 bits per heavy atom. The SMILES string of the molecule is N#Cc1cccc(C#N)c1-n1c2ccc3ccccc3c2c2c3ccccc3ccc21. The Labute approximate surface area is 178 Å². The quantitative estimate of drug-likeness (QED) is 0.307. The molecule has 0 N–H and O–H groups in total. The van der Waals surface area contributed by atoms with Crippen LogP contribution in [0.4, 0.5) is 0 Å². The molecule has 0 radical (unpaired) electrons. The van der Waals surface area contributed by atoms with E-state index in [-0.39, 0.29) is 0 Å². The molecule has 6 rings (SSSR count). The van der Waals surface area contributed by atoms with E-state index in [9.17, 15) is 10.5 Å². The summed E-state index contributed by atoms with van der Waals surface area (Å²) in [5.74, 6) is 0. The number of hydrogen-bond acceptors (Lipinski definition) is 2. The number of rotatable bonds is 1. The van der Waals surface area contributed by atoms with Gasteiger partial charge in [-0.2, -0.15) is 10.5 Å². The molecule has 3 nitrogen and oxygen atoms in total. The molecule has 0 aliphatic rings. The molecule has 0 aliphatic heterocycles. The first-order valence-corrected chi connectivity index (χ1v) is 10.1. The summed E-state index contributed by atoms with van der Waals surface area (Å²) in [5, 5.41) is 26.6. The minimum absolute atomic E-state index is 0.485. The molecule has 6 aromatic rings. The largest absolute Gasteiger partial charge is 0.307 e. The Kier molecular flexibility index (Phi) is 3.60. The van der Waals surface area contributed by atoms with Crippen molar-refractivity contribution >= 4 is 43.4 Å². The summed E-state index contributed by atoms with van der Waals surface area (Å²) in [5.41, 5.74) is 3.59. The molecule has 1 aromatic heterocycles. The average molecular weight is 393 g/mol. The number of nitriles is 2. The standard InChI is InChI=1S/C28H15N3/c29-16-20-8-5-9-21(17-30)28(20)31-24-14-12-18-6-1-3-10-22(18)26(24)27-23-11-4-2-7-19(23)13-15-25(27)31/h1-15H. The van der Waals surface area contributed by atoms with Crippen molar-refractivity contribution in [2.45, 2.75) is 0 Å². The highest BCUT2D eigenvalue weighted by Gasteiger charge is 2.20. The minimum Gasteiger partial charge on any atom is -0.307 e. The van der Waals surface area contributed by atoms with E-state index in [1.54, 1.807) is 18.2 Å². The summed E-state index contributed by atoms with van der Waals surface area (Å²) in [7, 11) is 0. The molecule has 0 saturated carbocycles. The second-order valence-corrected chi connectivity index (χ2v) is 7.62. The first-order chi connectivity index (χ1) is 15.3. The highest BCUT2D eigenvalue weighted by Crippen LogP contribution is 2.41. The maximum atomic E-state index is 9.85. The first-order valence-electron chi connectivity index (χ1n) is 10.1. The van der Waals surface area contributed by atoms with Gasteiger partial charge >= 0.3 is 0 Å². The van der Waals surface area contributed by atoms with Crippen molar-refractivity contribution in [3.05, 3.63) is 102 Å². The molecule has 0 unspecified atom stereocenters. The smallest absolute Gasteiger partial charge is 0.101 e. The lowest BCUT2D eigenvalue weighted by Crippen LogP contribution is -2.01. The van der Waals surface area contributed by atoms with Crippen molar-refractivity contribution < 1.29 is 0 Å². The average Bonchev–Trinajstić information content (AvgIpc) is 3.18. The summed E-state index contributed by atoms with van der Waals surface area (Å²) in [6, 6.07) is 35.0. The third kappa shape index (κ3) is 2.32. The number of benzene rings is 5. The van der Waals surface area contributed by atoms with Gasteiger partial charge in [0.2, 0.25) is 0 Å². The Hall–Kier alpha value is -4.60. The van der Waals surface area contributed by atoms with Gasteiger partial charge < -0.3 is 4.57 Å². The van der Waals surface area contributed by atoms with Gasteiger partial charge in [0, 0.05) is 10.8 Å². The van der Waals surface area contributed by atoms with Gasteiger partial charge in [-0.25, -0.2) is 0 Å². The van der Waals surface area contributed by atoms with Gasteiger partial charge in [-0.1, -0.05) is 66.7 Å². The molecule has 31 heavy (non-hydrogen) atoms. The van der Waals surface area contributed by atoms with E-state index >= 15 is 0 Å². The molecule has 0 fully saturated rings. The minimum atomic E-state index is 0.485. The van der Waals surface area contributed by atoms with E-state index in [0.29, 0.717) is 16.8 Å². The van der Waals surface area contributed by atoms with Crippen LogP contribution in [0.15, 0.2) is 91.0 Å². The van der Waals surface area contributed by atoms with Crippen molar-refractivity contribution in [3.63, 3.8) is 0 Å². The van der Waals surface area contributed by atoms with Crippen LogP contribution in [0, 0.1) is 22.7 Å². The second kappa shape index (κ2) is 6.46. The number of fused-ring (bicyclic) bond motifs is 7. The third-order valence-electron chi connectivity index (χ3n) is 6.05. The van der Waals surface area contributed by atoms with Gasteiger partial charge in [-0.3, -0.25) is 0 Å². The lowest BCUT2D eigenvalue weighted by molar-refractivity contribution is 1.16. The van der Waals surface area contributed by atoms with Crippen molar-refractivity contribution in [2.24, 2.45) is 0 Å². The second-order valence-electron chi connectivity index (χ2n) is 7.62. The Bertz CT molecular complexity index is 1630. The van der Waals surface area contributed by atoms with Gasteiger partial charge in [0.25, 0.3) is 0 Å². The maximum absolute atomic E-state index is 9.85. The maximum Gasteiger partial charge on any atom is 0.101 e. The van der Waals surface area contributed by atoms with Crippen molar-refractivity contribution in [1.29, 1.82) is 10.5 Å². The van der Waals surface area contributed by atoms with E-state index in [1.807, 2.05) is 12.1 Å². The molecular formula is C28H15N3. The fourth-order valence-electron chi connectivity index (χ4n) is 4.75. The van der Waals surface area contributed by atoms with Gasteiger partial charge in [0.05, 0.1) is 27.8 Å². The lowest BCUT2D eigenvalue weighted by atomic mass is 10.00. The van der Waals surface area contributed by atoms with Crippen LogP contribution in [0.2, 0.25) is 0 Å². The highest BCUT2D eigenvalue weighted by atomic mass is 15.0. The Balaban J connectivity index is 1.97. The van der Waals surface area contributed by atoms with E-state index in [1.165, 1.54) is 0 Å². The first kappa shape index (κ1) is 17.3. The molecule has 0 atom stereocenters. The molecule has 0 saturated heterocycles. The van der Waals surface area contributed by atoms with Crippen LogP contribution in [0.5, 0.6) is 0 Å². The van der Waals surface area contributed by atoms with Gasteiger partial charge in [-0.15, -0.1) is 0 Å². The zero-order chi connectivity index (χ0) is 20.9. The van der Waals surface area contributed by atoms with Crippen molar-refractivity contribution in [1.82, 2.24) is 4.57 Å². The summed E-state index contributed by atoms with van der Waals surface area (Å²) in [6.45, 7) is 0. The van der Waals surface area contributed by atoms with Crippen molar-refractivity contribution in [2.75, 3.05) is 0 Å². The molecule has 0 bridgehead atoms. The normalized spacial score (nSPS) is 11.2. The number of nitrogens with zero attached hydrogens (tertiary/aromatic N) is 3. The zero-order valence-electron chi connectivity index (χ0n) is 16.5. The molecule has 142 valence electrons. The zero-order valence-corrected chi connectivity index (χ0v) is 16.5. The van der Waals surface area contributed by atoms with E-state index in [0.717, 1.165) is 43.4 Å². The fraction of sp³-hybridized carbons (Fsp3) is 0. The summed E-state index contributed by atoms with van der Waals surface area (Å²) >= 11 is 0. The lowest BCUT2D eigenvalue weighted by Gasteiger charge is -2.12. The van der Waals surface area contributed by atoms with E-state index in [4.69, 9.17) is 0 Å². The predicted molar refractivity (Wildman–Crippen MR) is 125 cm³/mol. The Morgan fingerprint density at radius 1 is 0.516 bits per heavy atom. The molecule has 1 heterocycles. The third-order valence-corrected chi connectivity index (χ3v) is 6.05. The van der Waals surface area contributed by atoms with Crippen LogP contribution < -0.4 is 0 Å². The number of aromatic nitrogens is 1. The van der Waals surface area contributed by atoms with Crippen LogP contribution in [-0.2, 0) is 0 Å². The fourth-order valence-corrected chi connectivity index (χ4v) is 4.75. The molecule has 0 amide bonds. The summed E-state index contributed by atoms with van der Waals surface area (Å²) < 4.78 is 2.08. The molecule has 0 spiro atoms. The van der Waals surface area contributed by atoms with E-state index in [2.05, 4.69) is 77.4 Å². The van der Waals surface area contributed by atoms with Gasteiger partial charge in [0.1, 0.15) is 12.1 Å². The van der Waals surface area contributed by atoms with E-state index < -0.39 is 0 Å². The number of hydrogen-bond donors (Lipinski definition) is 0. The van der Waals surface area contributed by atoms with Crippen LogP contribution >= 0.6 is 0 Å². The molecule has 3 heteroatoms. The van der Waals surface area contributed by atoms with Crippen LogP contribution in [-0.4, -0.2) is 4.57 Å². The molecule has 5 aromatic carbocycles. The summed E-state index contributed by atoms with van der Waals surface area (Å²) in [4.78, 5) is 0. The monoisotopic (exact) mass is 393 g/mol. The van der Waals surface area contributed by atoms with Gasteiger partial charge in [-0.05, 0) is 45.8 Å². The number of para-hydroxylation sites is 1. The van der Waals surface area contributed by atoms with Crippen molar-refractivity contribution in [3.8, 4) is 17.8 Å². The molecule has 0 aliphatic carbocycles. The Morgan fingerprint density at radius 2 is 1.00 bits per heavy atom. The van der Waals surface area contributed by atoms with Crippen LogP contribution in [0.3, 0.4) is 0 Å². The molecular weight excluding hydrogens is 378 g/mol. The topological polar surface area (TPSA) is 52.5 Å². The summed E-state index contributed by atoms with van der Waals surface area (Å²) in [6.07, 6.45) is 0. The van der Waals surface area contributed by atoms with Gasteiger partial charge in [0.15, 0.2) is 0 Å². The van der Waals surface area contributed by atoms with Crippen LogP contribution in [0.25, 0.3) is 49.0 Å².